The largest absolute Gasteiger partial charge is 0.494 e. The molecule has 0 aromatic carbocycles. The van der Waals surface area contributed by atoms with Crippen molar-refractivity contribution in [2.75, 3.05) is 6.54 Å². The van der Waals surface area contributed by atoms with Gasteiger partial charge in [-0.3, -0.25) is 19.0 Å². The molecule has 35 heavy (non-hydrogen) atoms. The van der Waals surface area contributed by atoms with E-state index in [0.717, 1.165) is 30.2 Å². The fourth-order valence-corrected chi connectivity index (χ4v) is 4.80. The molecule has 1 aliphatic carbocycles. The number of nitrogens with zero attached hydrogens (tertiary/aromatic N) is 4. The molecule has 190 valence electrons. The van der Waals surface area contributed by atoms with Gasteiger partial charge in [-0.1, -0.05) is 13.8 Å². The van der Waals surface area contributed by atoms with Crippen molar-refractivity contribution in [1.29, 1.82) is 0 Å². The van der Waals surface area contributed by atoms with Crippen LogP contribution < -0.4 is 10.9 Å². The Hall–Kier alpha value is -3.14. The van der Waals surface area contributed by atoms with E-state index in [0.29, 0.717) is 30.0 Å². The third kappa shape index (κ3) is 4.84. The average molecular weight is 486 g/mol. The summed E-state index contributed by atoms with van der Waals surface area (Å²) in [6.07, 6.45) is 6.26. The Balaban J connectivity index is 1.79. The van der Waals surface area contributed by atoms with Gasteiger partial charge in [-0.05, 0) is 58.4 Å². The van der Waals surface area contributed by atoms with E-state index in [-0.39, 0.29) is 29.5 Å². The summed E-state index contributed by atoms with van der Waals surface area (Å²) in [6.45, 7) is 9.94. The van der Waals surface area contributed by atoms with Crippen LogP contribution in [0.3, 0.4) is 0 Å². The molecular formula is C25H35N5O5. The van der Waals surface area contributed by atoms with Gasteiger partial charge < -0.3 is 20.4 Å². The zero-order valence-electron chi connectivity index (χ0n) is 21.0. The highest BCUT2D eigenvalue weighted by Gasteiger charge is 2.37. The monoisotopic (exact) mass is 485 g/mol. The van der Waals surface area contributed by atoms with Crippen LogP contribution in [0.4, 0.5) is 0 Å². The number of likely N-dealkylation sites (tertiary alicyclic amines) is 1. The summed E-state index contributed by atoms with van der Waals surface area (Å²) < 4.78 is 2.66. The van der Waals surface area contributed by atoms with Gasteiger partial charge in [-0.15, -0.1) is 0 Å². The number of aromatic hydroxyl groups is 1. The summed E-state index contributed by atoms with van der Waals surface area (Å²) in [7, 11) is 0. The standard InChI is InChI=1S/C25H35N5O5/c1-14(2)13-29-22-17(10-11-19(31)28-12-6-7-18(28)25(4,5)35)15(3)27-30(22)24(34)20(23(29)33)21(32)26-16-8-9-16/h10-11,14,16,18,33,35H,6-9,12-13H2,1-5H3,(H,26,32)/b11-10+/t18-/m1/s1. The van der Waals surface area contributed by atoms with E-state index in [1.54, 1.807) is 31.7 Å². The van der Waals surface area contributed by atoms with Crippen LogP contribution in [-0.4, -0.2) is 65.3 Å². The van der Waals surface area contributed by atoms with Gasteiger partial charge in [0.05, 0.1) is 17.3 Å². The smallest absolute Gasteiger partial charge is 0.291 e. The molecule has 4 rings (SSSR count). The summed E-state index contributed by atoms with van der Waals surface area (Å²) in [5.74, 6) is -1.16. The van der Waals surface area contributed by atoms with Crippen molar-refractivity contribution < 1.29 is 19.8 Å². The van der Waals surface area contributed by atoms with Crippen molar-refractivity contribution in [1.82, 2.24) is 24.4 Å². The molecule has 1 saturated heterocycles. The predicted octanol–water partition coefficient (Wildman–Crippen LogP) is 1.83. The van der Waals surface area contributed by atoms with Gasteiger partial charge in [-0.25, -0.2) is 0 Å². The number of aliphatic hydroxyl groups is 1. The van der Waals surface area contributed by atoms with E-state index < -0.39 is 22.9 Å². The van der Waals surface area contributed by atoms with Gasteiger partial charge in [-0.2, -0.15) is 9.61 Å². The molecule has 2 amide bonds. The molecule has 0 bridgehead atoms. The minimum absolute atomic E-state index is 0.0257. The second-order valence-corrected chi connectivity index (χ2v) is 10.7. The van der Waals surface area contributed by atoms with Crippen molar-refractivity contribution in [3.63, 3.8) is 0 Å². The molecule has 2 aliphatic rings. The van der Waals surface area contributed by atoms with Gasteiger partial charge in [0, 0.05) is 30.8 Å². The average Bonchev–Trinajstić information content (AvgIpc) is 3.29. The lowest BCUT2D eigenvalue weighted by Crippen LogP contribution is -2.47. The number of fused-ring (bicyclic) bond motifs is 1. The Morgan fingerprint density at radius 1 is 1.26 bits per heavy atom. The molecule has 1 atom stereocenters. The van der Waals surface area contributed by atoms with E-state index in [4.69, 9.17) is 0 Å². The molecule has 2 fully saturated rings. The Morgan fingerprint density at radius 2 is 1.94 bits per heavy atom. The first-order valence-electron chi connectivity index (χ1n) is 12.3. The Labute approximate surface area is 204 Å². The van der Waals surface area contributed by atoms with Crippen LogP contribution in [0, 0.1) is 12.8 Å². The lowest BCUT2D eigenvalue weighted by Gasteiger charge is -2.33. The Bertz CT molecular complexity index is 1250. The first-order chi connectivity index (χ1) is 16.4. The molecule has 0 unspecified atom stereocenters. The minimum atomic E-state index is -1.01. The summed E-state index contributed by atoms with van der Waals surface area (Å²) in [4.78, 5) is 40.7. The molecule has 2 aromatic heterocycles. The second kappa shape index (κ2) is 9.14. The molecule has 10 nitrogen and oxygen atoms in total. The number of nitrogens with one attached hydrogen (secondary N) is 1. The van der Waals surface area contributed by atoms with Gasteiger partial charge in [0.15, 0.2) is 5.56 Å². The summed E-state index contributed by atoms with van der Waals surface area (Å²) in [5.41, 5.74) is -0.717. The molecule has 1 aliphatic heterocycles. The van der Waals surface area contributed by atoms with E-state index in [9.17, 15) is 24.6 Å². The van der Waals surface area contributed by atoms with Gasteiger partial charge >= 0.3 is 0 Å². The third-order valence-corrected chi connectivity index (χ3v) is 6.65. The number of aromatic nitrogens is 3. The zero-order valence-corrected chi connectivity index (χ0v) is 21.0. The Kier molecular flexibility index (Phi) is 6.52. The molecule has 3 heterocycles. The van der Waals surface area contributed by atoms with Crippen molar-refractivity contribution in [2.45, 2.75) is 84.5 Å². The zero-order chi connectivity index (χ0) is 25.7. The molecule has 1 saturated carbocycles. The number of carbonyl (C=O) groups excluding carboxylic acids is 2. The third-order valence-electron chi connectivity index (χ3n) is 6.65. The van der Waals surface area contributed by atoms with Crippen LogP contribution in [-0.2, 0) is 11.3 Å². The van der Waals surface area contributed by atoms with Crippen molar-refractivity contribution in [3.05, 3.63) is 33.3 Å². The summed E-state index contributed by atoms with van der Waals surface area (Å²) in [6, 6.07) is -0.252. The maximum absolute atomic E-state index is 13.2. The fourth-order valence-electron chi connectivity index (χ4n) is 4.80. The number of amides is 2. The van der Waals surface area contributed by atoms with Crippen LogP contribution in [0.1, 0.15) is 75.0 Å². The van der Waals surface area contributed by atoms with Gasteiger partial charge in [0.25, 0.3) is 11.5 Å². The highest BCUT2D eigenvalue weighted by atomic mass is 16.3. The van der Waals surface area contributed by atoms with E-state index >= 15 is 0 Å². The van der Waals surface area contributed by atoms with Crippen LogP contribution in [0.25, 0.3) is 11.7 Å². The fraction of sp³-hybridized carbons (Fsp3) is 0.600. The summed E-state index contributed by atoms with van der Waals surface area (Å²) >= 11 is 0. The highest BCUT2D eigenvalue weighted by molar-refractivity contribution is 5.97. The predicted molar refractivity (Wildman–Crippen MR) is 131 cm³/mol. The van der Waals surface area contributed by atoms with Crippen LogP contribution >= 0.6 is 0 Å². The lowest BCUT2D eigenvalue weighted by atomic mass is 9.96. The summed E-state index contributed by atoms with van der Waals surface area (Å²) in [5, 5.41) is 28.7. The van der Waals surface area contributed by atoms with Gasteiger partial charge in [0.2, 0.25) is 11.8 Å². The normalized spacial score (nSPS) is 18.8. The van der Waals surface area contributed by atoms with Gasteiger partial charge in [0.1, 0.15) is 5.65 Å². The first-order valence-corrected chi connectivity index (χ1v) is 12.3. The first kappa shape index (κ1) is 25.0. The number of aryl methyl sites for hydroxylation is 1. The van der Waals surface area contributed by atoms with E-state index in [1.807, 2.05) is 13.8 Å². The van der Waals surface area contributed by atoms with Crippen molar-refractivity contribution in [3.8, 4) is 5.88 Å². The number of hydrogen-bond donors (Lipinski definition) is 3. The maximum atomic E-state index is 13.2. The van der Waals surface area contributed by atoms with E-state index in [1.165, 1.54) is 10.6 Å². The molecule has 10 heteroatoms. The lowest BCUT2D eigenvalue weighted by molar-refractivity contribution is -0.131. The molecule has 2 aromatic rings. The quantitative estimate of drug-likeness (QED) is 0.513. The number of carbonyl (C=O) groups is 2. The Morgan fingerprint density at radius 3 is 2.54 bits per heavy atom. The topological polar surface area (TPSA) is 129 Å². The number of rotatable bonds is 7. The highest BCUT2D eigenvalue weighted by Crippen LogP contribution is 2.28. The minimum Gasteiger partial charge on any atom is -0.494 e. The maximum Gasteiger partial charge on any atom is 0.291 e. The van der Waals surface area contributed by atoms with Crippen LogP contribution in [0.15, 0.2) is 10.9 Å². The second-order valence-electron chi connectivity index (χ2n) is 10.7. The van der Waals surface area contributed by atoms with Crippen LogP contribution in [0.5, 0.6) is 5.88 Å². The van der Waals surface area contributed by atoms with Crippen molar-refractivity contribution in [2.24, 2.45) is 5.92 Å². The molecule has 3 N–H and O–H groups in total. The molecule has 0 spiro atoms. The molecule has 0 radical (unpaired) electrons. The SMILES string of the molecule is Cc1nn2c(=O)c(C(=O)NC3CC3)c(O)n(CC(C)C)c2c1/C=C/C(=O)N1CCC[C@@H]1C(C)(C)O. The molecular weight excluding hydrogens is 450 g/mol. The number of hydrogen-bond acceptors (Lipinski definition) is 6. The van der Waals surface area contributed by atoms with Crippen LogP contribution in [0.2, 0.25) is 0 Å². The van der Waals surface area contributed by atoms with Crippen molar-refractivity contribution >= 4 is 23.5 Å². The van der Waals surface area contributed by atoms with E-state index in [2.05, 4.69) is 10.4 Å².